The quantitative estimate of drug-likeness (QED) is 0.636. The minimum atomic E-state index is -0.152. The first-order valence-electron chi connectivity index (χ1n) is 9.13. The van der Waals surface area contributed by atoms with Crippen molar-refractivity contribution in [1.82, 2.24) is 4.90 Å². The van der Waals surface area contributed by atoms with Crippen molar-refractivity contribution in [1.29, 1.82) is 0 Å². The average Bonchev–Trinajstić information content (AvgIpc) is 2.73. The second-order valence-corrected chi connectivity index (χ2v) is 7.70. The van der Waals surface area contributed by atoms with Gasteiger partial charge in [-0.1, -0.05) is 40.2 Å². The van der Waals surface area contributed by atoms with Gasteiger partial charge in [-0.25, -0.2) is 0 Å². The number of nitrogens with one attached hydrogen (secondary N) is 1. The molecule has 28 heavy (non-hydrogen) atoms. The highest BCUT2D eigenvalue weighted by Gasteiger charge is 2.22. The SMILES string of the molecule is O=C(Nc1ccc2c(c1)CN(C(=O)c1ccccc1)CC2)c1ccc(Br)cc1. The molecule has 0 radical (unpaired) electrons. The summed E-state index contributed by atoms with van der Waals surface area (Å²) in [6.07, 6.45) is 0.814. The Kier molecular flexibility index (Phi) is 5.26. The van der Waals surface area contributed by atoms with Crippen LogP contribution in [0.4, 0.5) is 5.69 Å². The summed E-state index contributed by atoms with van der Waals surface area (Å²) in [5.41, 5.74) is 4.33. The Morgan fingerprint density at radius 3 is 2.36 bits per heavy atom. The number of carbonyl (C=O) groups is 2. The Balaban J connectivity index is 1.50. The van der Waals surface area contributed by atoms with E-state index >= 15 is 0 Å². The van der Waals surface area contributed by atoms with Crippen LogP contribution in [0.25, 0.3) is 0 Å². The third-order valence-electron chi connectivity index (χ3n) is 4.89. The predicted molar refractivity (Wildman–Crippen MR) is 113 cm³/mol. The first-order chi connectivity index (χ1) is 13.6. The maximum atomic E-state index is 12.7. The highest BCUT2D eigenvalue weighted by molar-refractivity contribution is 9.10. The second-order valence-electron chi connectivity index (χ2n) is 6.79. The molecule has 0 unspecified atom stereocenters. The van der Waals surface area contributed by atoms with Gasteiger partial charge in [-0.2, -0.15) is 0 Å². The van der Waals surface area contributed by atoms with Crippen molar-refractivity contribution in [3.8, 4) is 0 Å². The van der Waals surface area contributed by atoms with Crippen molar-refractivity contribution in [2.24, 2.45) is 0 Å². The number of hydrogen-bond donors (Lipinski definition) is 1. The fourth-order valence-corrected chi connectivity index (χ4v) is 3.64. The molecule has 0 saturated heterocycles. The number of fused-ring (bicyclic) bond motifs is 1. The van der Waals surface area contributed by atoms with E-state index in [1.54, 1.807) is 12.1 Å². The molecule has 0 spiro atoms. The summed E-state index contributed by atoms with van der Waals surface area (Å²) in [4.78, 5) is 27.1. The van der Waals surface area contributed by atoms with E-state index in [-0.39, 0.29) is 11.8 Å². The molecule has 0 saturated carbocycles. The number of anilines is 1. The zero-order chi connectivity index (χ0) is 19.5. The number of nitrogens with zero attached hydrogens (tertiary/aromatic N) is 1. The highest BCUT2D eigenvalue weighted by atomic mass is 79.9. The van der Waals surface area contributed by atoms with Crippen molar-refractivity contribution < 1.29 is 9.59 Å². The van der Waals surface area contributed by atoms with Gasteiger partial charge >= 0.3 is 0 Å². The Hall–Kier alpha value is -2.92. The van der Waals surface area contributed by atoms with Crippen molar-refractivity contribution in [3.05, 3.63) is 99.5 Å². The van der Waals surface area contributed by atoms with E-state index in [2.05, 4.69) is 21.2 Å². The topological polar surface area (TPSA) is 49.4 Å². The standard InChI is InChI=1S/C23H19BrN2O2/c24-20-9-6-17(7-10-20)22(27)25-21-11-8-16-12-13-26(15-19(16)14-21)23(28)18-4-2-1-3-5-18/h1-11,14H,12-13,15H2,(H,25,27). The van der Waals surface area contributed by atoms with Crippen LogP contribution in [-0.4, -0.2) is 23.3 Å². The van der Waals surface area contributed by atoms with Crippen LogP contribution in [0.5, 0.6) is 0 Å². The zero-order valence-corrected chi connectivity index (χ0v) is 16.8. The summed E-state index contributed by atoms with van der Waals surface area (Å²) in [6, 6.07) is 22.5. The van der Waals surface area contributed by atoms with E-state index in [0.29, 0.717) is 24.2 Å². The molecule has 1 aliphatic rings. The summed E-state index contributed by atoms with van der Waals surface area (Å²) in [6.45, 7) is 1.25. The summed E-state index contributed by atoms with van der Waals surface area (Å²) in [5, 5.41) is 2.95. The summed E-state index contributed by atoms with van der Waals surface area (Å²) < 4.78 is 0.931. The lowest BCUT2D eigenvalue weighted by Gasteiger charge is -2.29. The van der Waals surface area contributed by atoms with Gasteiger partial charge < -0.3 is 10.2 Å². The Morgan fingerprint density at radius 2 is 1.61 bits per heavy atom. The lowest BCUT2D eigenvalue weighted by molar-refractivity contribution is 0.0734. The van der Waals surface area contributed by atoms with Crippen molar-refractivity contribution in [2.75, 3.05) is 11.9 Å². The maximum Gasteiger partial charge on any atom is 0.255 e. The Labute approximate surface area is 172 Å². The van der Waals surface area contributed by atoms with Crippen LogP contribution in [0, 0.1) is 0 Å². The first-order valence-corrected chi connectivity index (χ1v) is 9.92. The number of carbonyl (C=O) groups excluding carboxylic acids is 2. The molecule has 2 amide bonds. The maximum absolute atomic E-state index is 12.7. The van der Waals surface area contributed by atoms with Crippen molar-refractivity contribution in [3.63, 3.8) is 0 Å². The number of hydrogen-bond acceptors (Lipinski definition) is 2. The molecular weight excluding hydrogens is 416 g/mol. The first kappa shape index (κ1) is 18.4. The third-order valence-corrected chi connectivity index (χ3v) is 5.42. The molecule has 0 aliphatic carbocycles. The molecule has 4 nitrogen and oxygen atoms in total. The zero-order valence-electron chi connectivity index (χ0n) is 15.2. The van der Waals surface area contributed by atoms with E-state index in [0.717, 1.165) is 22.1 Å². The molecule has 5 heteroatoms. The lowest BCUT2D eigenvalue weighted by Crippen LogP contribution is -2.36. The summed E-state index contributed by atoms with van der Waals surface area (Å²) >= 11 is 3.37. The molecule has 0 aromatic heterocycles. The molecule has 140 valence electrons. The average molecular weight is 435 g/mol. The normalized spacial score (nSPS) is 13.0. The van der Waals surface area contributed by atoms with Gasteiger partial charge in [0.25, 0.3) is 11.8 Å². The predicted octanol–water partition coefficient (Wildman–Crippen LogP) is 4.90. The minimum absolute atomic E-state index is 0.0375. The molecule has 3 aromatic carbocycles. The van der Waals surface area contributed by atoms with Crippen LogP contribution in [-0.2, 0) is 13.0 Å². The van der Waals surface area contributed by atoms with Gasteiger partial charge in [0.2, 0.25) is 0 Å². The van der Waals surface area contributed by atoms with Crippen LogP contribution in [0.1, 0.15) is 31.8 Å². The fraction of sp³-hybridized carbons (Fsp3) is 0.130. The monoisotopic (exact) mass is 434 g/mol. The van der Waals surface area contributed by atoms with Crippen LogP contribution >= 0.6 is 15.9 Å². The van der Waals surface area contributed by atoms with Crippen LogP contribution in [0.3, 0.4) is 0 Å². The molecule has 0 atom stereocenters. The van der Waals surface area contributed by atoms with Gasteiger partial charge in [0.15, 0.2) is 0 Å². The lowest BCUT2D eigenvalue weighted by atomic mass is 9.98. The van der Waals surface area contributed by atoms with Crippen LogP contribution < -0.4 is 5.32 Å². The van der Waals surface area contributed by atoms with E-state index < -0.39 is 0 Å². The van der Waals surface area contributed by atoms with Gasteiger partial charge in [0.1, 0.15) is 0 Å². The molecule has 1 heterocycles. The van der Waals surface area contributed by atoms with Gasteiger partial charge in [-0.3, -0.25) is 9.59 Å². The Bertz CT molecular complexity index is 1020. The van der Waals surface area contributed by atoms with Gasteiger partial charge in [-0.15, -0.1) is 0 Å². The fourth-order valence-electron chi connectivity index (χ4n) is 3.38. The van der Waals surface area contributed by atoms with Crippen LogP contribution in [0.2, 0.25) is 0 Å². The second kappa shape index (κ2) is 7.98. The largest absolute Gasteiger partial charge is 0.334 e. The van der Waals surface area contributed by atoms with Crippen LogP contribution in [0.15, 0.2) is 77.3 Å². The molecular formula is C23H19BrN2O2. The highest BCUT2D eigenvalue weighted by Crippen LogP contribution is 2.24. The third kappa shape index (κ3) is 3.99. The number of halogens is 1. The molecule has 4 rings (SSSR count). The van der Waals surface area contributed by atoms with Gasteiger partial charge in [-0.05, 0) is 66.1 Å². The van der Waals surface area contributed by atoms with Gasteiger partial charge in [0.05, 0.1) is 0 Å². The van der Waals surface area contributed by atoms with Crippen molar-refractivity contribution in [2.45, 2.75) is 13.0 Å². The van der Waals surface area contributed by atoms with E-state index in [1.165, 1.54) is 5.56 Å². The summed E-state index contributed by atoms with van der Waals surface area (Å²) in [7, 11) is 0. The van der Waals surface area contributed by atoms with E-state index in [4.69, 9.17) is 0 Å². The number of amides is 2. The van der Waals surface area contributed by atoms with Gasteiger partial charge in [0, 0.05) is 34.4 Å². The minimum Gasteiger partial charge on any atom is -0.334 e. The Morgan fingerprint density at radius 1 is 0.857 bits per heavy atom. The molecule has 0 fully saturated rings. The van der Waals surface area contributed by atoms with E-state index in [9.17, 15) is 9.59 Å². The summed E-state index contributed by atoms with van der Waals surface area (Å²) in [5.74, 6) is -0.115. The molecule has 1 N–H and O–H groups in total. The van der Waals surface area contributed by atoms with E-state index in [1.807, 2.05) is 65.6 Å². The number of rotatable bonds is 3. The van der Waals surface area contributed by atoms with Crippen molar-refractivity contribution >= 4 is 33.4 Å². The molecule has 3 aromatic rings. The number of benzene rings is 3. The molecule has 1 aliphatic heterocycles. The smallest absolute Gasteiger partial charge is 0.255 e. The molecule has 0 bridgehead atoms.